The zero-order valence-electron chi connectivity index (χ0n) is 13.7. The van der Waals surface area contributed by atoms with Crippen LogP contribution in [0.15, 0.2) is 35.5 Å². The monoisotopic (exact) mass is 341 g/mol. The molecule has 0 fully saturated rings. The summed E-state index contributed by atoms with van der Waals surface area (Å²) in [6.07, 6.45) is 0.677. The highest BCUT2D eigenvalue weighted by Crippen LogP contribution is 2.20. The molecule has 1 aromatic carbocycles. The van der Waals surface area contributed by atoms with Crippen molar-refractivity contribution in [2.24, 2.45) is 5.92 Å². The Bertz CT molecular complexity index is 763. The van der Waals surface area contributed by atoms with Crippen LogP contribution in [-0.2, 0) is 17.8 Å². The number of ketones is 1. The van der Waals surface area contributed by atoms with Crippen molar-refractivity contribution >= 4 is 23.3 Å². The van der Waals surface area contributed by atoms with Gasteiger partial charge in [-0.1, -0.05) is 42.1 Å². The molecule has 2 rings (SSSR count). The Balaban J connectivity index is 2.08. The van der Waals surface area contributed by atoms with Gasteiger partial charge in [-0.05, 0) is 19.4 Å². The highest BCUT2D eigenvalue weighted by atomic mass is 32.2. The number of nitriles is 1. The smallest absolute Gasteiger partial charge is 0.191 e. The van der Waals surface area contributed by atoms with Gasteiger partial charge in [0, 0.05) is 18.7 Å². The van der Waals surface area contributed by atoms with Crippen LogP contribution in [0.25, 0.3) is 0 Å². The van der Waals surface area contributed by atoms with Gasteiger partial charge in [0.25, 0.3) is 0 Å². The van der Waals surface area contributed by atoms with Gasteiger partial charge in [-0.15, -0.1) is 10.2 Å². The van der Waals surface area contributed by atoms with Crippen LogP contribution < -0.4 is 0 Å². The molecule has 0 aliphatic carbocycles. The highest BCUT2D eigenvalue weighted by molar-refractivity contribution is 7.99. The molecule has 0 aliphatic heterocycles. The van der Waals surface area contributed by atoms with Gasteiger partial charge >= 0.3 is 0 Å². The number of hydrogen-bond donors (Lipinski definition) is 1. The summed E-state index contributed by atoms with van der Waals surface area (Å²) in [6.45, 7) is 4.18. The Hall–Kier alpha value is -2.46. The minimum Gasteiger partial charge on any atom is -0.308 e. The van der Waals surface area contributed by atoms with E-state index in [1.165, 1.54) is 18.7 Å². The van der Waals surface area contributed by atoms with Crippen LogP contribution >= 0.6 is 11.8 Å². The Kier molecular flexibility index (Phi) is 6.27. The molecular weight excluding hydrogens is 322 g/mol. The summed E-state index contributed by atoms with van der Waals surface area (Å²) in [5.41, 5.74) is 1.22. The number of hydrogen-bond acceptors (Lipinski definition) is 6. The van der Waals surface area contributed by atoms with Crippen molar-refractivity contribution in [3.63, 3.8) is 0 Å². The van der Waals surface area contributed by atoms with E-state index in [2.05, 4.69) is 10.2 Å². The summed E-state index contributed by atoms with van der Waals surface area (Å²) < 4.78 is 1.98. The maximum atomic E-state index is 12.0. The van der Waals surface area contributed by atoms with Crippen molar-refractivity contribution in [3.05, 3.63) is 41.7 Å². The summed E-state index contributed by atoms with van der Waals surface area (Å²) in [6, 6.07) is 11.9. The normalized spacial score (nSPS) is 11.7. The molecule has 24 heavy (non-hydrogen) atoms. The predicted octanol–water partition coefficient (Wildman–Crippen LogP) is 2.73. The van der Waals surface area contributed by atoms with Crippen LogP contribution in [0.3, 0.4) is 0 Å². The third-order valence-electron chi connectivity index (χ3n) is 3.54. The predicted molar refractivity (Wildman–Crippen MR) is 93.2 cm³/mol. The molecule has 2 aromatic rings. The number of carbonyl (C=O) groups is 1. The van der Waals surface area contributed by atoms with Crippen LogP contribution in [-0.4, -0.2) is 32.0 Å². The second-order valence-electron chi connectivity index (χ2n) is 5.31. The molecule has 7 heteroatoms. The first kappa shape index (κ1) is 17.9. The number of Topliss-reactive ketones (excluding diaryl/α,β-unsaturated/α-hetero) is 1. The third-order valence-corrected chi connectivity index (χ3v) is 4.53. The molecule has 0 saturated carbocycles. The minimum absolute atomic E-state index is 0.0739. The lowest BCUT2D eigenvalue weighted by Gasteiger charge is -2.08. The molecule has 1 aromatic heterocycles. The van der Waals surface area contributed by atoms with Crippen molar-refractivity contribution in [1.82, 2.24) is 14.8 Å². The van der Waals surface area contributed by atoms with E-state index in [4.69, 9.17) is 10.7 Å². The van der Waals surface area contributed by atoms with E-state index in [9.17, 15) is 4.79 Å². The van der Waals surface area contributed by atoms with E-state index >= 15 is 0 Å². The Morgan fingerprint density at radius 1 is 1.38 bits per heavy atom. The lowest BCUT2D eigenvalue weighted by atomic mass is 10.0. The summed E-state index contributed by atoms with van der Waals surface area (Å²) in [5, 5.41) is 25.5. The summed E-state index contributed by atoms with van der Waals surface area (Å²) >= 11 is 1.26. The van der Waals surface area contributed by atoms with Crippen LogP contribution in [0.1, 0.15) is 25.2 Å². The lowest BCUT2D eigenvalue weighted by molar-refractivity contribution is -0.117. The largest absolute Gasteiger partial charge is 0.308 e. The fourth-order valence-electron chi connectivity index (χ4n) is 2.28. The number of nitrogens with one attached hydrogen (secondary N) is 1. The fraction of sp³-hybridized carbons (Fsp3) is 0.353. The molecule has 1 atom stereocenters. The lowest BCUT2D eigenvalue weighted by Crippen LogP contribution is -2.21. The first-order valence-corrected chi connectivity index (χ1v) is 8.61. The third kappa shape index (κ3) is 4.30. The molecule has 6 nitrogen and oxygen atoms in total. The topological polar surface area (TPSA) is 95.4 Å². The first-order chi connectivity index (χ1) is 11.6. The molecule has 0 amide bonds. The van der Waals surface area contributed by atoms with Crippen LogP contribution in [0.4, 0.5) is 0 Å². The van der Waals surface area contributed by atoms with Crippen LogP contribution in [0.5, 0.6) is 0 Å². The quantitative estimate of drug-likeness (QED) is 0.588. The number of benzene rings is 1. The minimum atomic E-state index is -0.973. The van der Waals surface area contributed by atoms with E-state index in [1.54, 1.807) is 0 Å². The van der Waals surface area contributed by atoms with Crippen LogP contribution in [0, 0.1) is 22.7 Å². The van der Waals surface area contributed by atoms with Crippen molar-refractivity contribution in [2.75, 3.05) is 5.75 Å². The number of thioether (sulfide) groups is 1. The van der Waals surface area contributed by atoms with E-state index in [0.717, 1.165) is 11.4 Å². The maximum Gasteiger partial charge on any atom is 0.191 e. The van der Waals surface area contributed by atoms with Gasteiger partial charge in [-0.3, -0.25) is 4.79 Å². The van der Waals surface area contributed by atoms with E-state index in [-0.39, 0.29) is 17.2 Å². The molecule has 0 radical (unpaired) electrons. The van der Waals surface area contributed by atoms with Crippen molar-refractivity contribution in [2.45, 2.75) is 32.0 Å². The first-order valence-electron chi connectivity index (χ1n) is 7.63. The zero-order valence-corrected chi connectivity index (χ0v) is 14.5. The van der Waals surface area contributed by atoms with E-state index in [1.807, 2.05) is 47.9 Å². The number of aromatic nitrogens is 3. The summed E-state index contributed by atoms with van der Waals surface area (Å²) in [4.78, 5) is 12.0. The standard InChI is InChI=1S/C17H19N5OS/c1-3-22-16(9-13-7-5-4-6-8-13)20-21-17(22)24-11-15(23)14(10-18)12(2)19/h4-8,14,19H,3,9,11H2,1-2H3/t14-/m1/s1. The number of nitrogens with zero attached hydrogens (tertiary/aromatic N) is 4. The van der Waals surface area contributed by atoms with E-state index < -0.39 is 5.92 Å². The number of carbonyl (C=O) groups excluding carboxylic acids is 1. The maximum absolute atomic E-state index is 12.0. The Labute approximate surface area is 145 Å². The Morgan fingerprint density at radius 3 is 2.67 bits per heavy atom. The molecule has 1 N–H and O–H groups in total. The molecule has 0 aliphatic rings. The van der Waals surface area contributed by atoms with Crippen molar-refractivity contribution in [1.29, 1.82) is 10.7 Å². The zero-order chi connectivity index (χ0) is 17.5. The van der Waals surface area contributed by atoms with E-state index in [0.29, 0.717) is 18.1 Å². The molecule has 0 bridgehead atoms. The van der Waals surface area contributed by atoms with Gasteiger partial charge in [0.1, 0.15) is 11.7 Å². The summed E-state index contributed by atoms with van der Waals surface area (Å²) in [5.74, 6) is -0.291. The fourth-order valence-corrected chi connectivity index (χ4v) is 3.21. The van der Waals surface area contributed by atoms with Crippen LogP contribution in [0.2, 0.25) is 0 Å². The second kappa shape index (κ2) is 8.41. The molecule has 0 saturated heterocycles. The van der Waals surface area contributed by atoms with Gasteiger partial charge in [-0.25, -0.2) is 0 Å². The average Bonchev–Trinajstić information content (AvgIpc) is 2.95. The van der Waals surface area contributed by atoms with Gasteiger partial charge < -0.3 is 9.98 Å². The molecular formula is C17H19N5OS. The Morgan fingerprint density at radius 2 is 2.08 bits per heavy atom. The molecule has 124 valence electrons. The van der Waals surface area contributed by atoms with Gasteiger partial charge in [0.15, 0.2) is 10.9 Å². The highest BCUT2D eigenvalue weighted by Gasteiger charge is 2.21. The molecule has 1 heterocycles. The summed E-state index contributed by atoms with van der Waals surface area (Å²) in [7, 11) is 0. The SMILES string of the molecule is CCn1c(Cc2ccccc2)nnc1SCC(=O)[C@H](C#N)C(C)=N. The second-order valence-corrected chi connectivity index (χ2v) is 6.25. The average molecular weight is 341 g/mol. The van der Waals surface area contributed by atoms with Gasteiger partial charge in [0.2, 0.25) is 0 Å². The van der Waals surface area contributed by atoms with Gasteiger partial charge in [0.05, 0.1) is 11.8 Å². The molecule has 0 unspecified atom stereocenters. The van der Waals surface area contributed by atoms with Crippen molar-refractivity contribution < 1.29 is 4.79 Å². The molecule has 0 spiro atoms. The van der Waals surface area contributed by atoms with Crippen molar-refractivity contribution in [3.8, 4) is 6.07 Å². The number of rotatable bonds is 8. The van der Waals surface area contributed by atoms with Gasteiger partial charge in [-0.2, -0.15) is 5.26 Å².